The molecule has 1 N–H and O–H groups in total. The lowest BCUT2D eigenvalue weighted by Gasteiger charge is -2.32. The Morgan fingerprint density at radius 1 is 1.24 bits per heavy atom. The highest BCUT2D eigenvalue weighted by Gasteiger charge is 2.34. The second-order valence-corrected chi connectivity index (χ2v) is 5.44. The molecule has 2 aliphatic rings. The van der Waals surface area contributed by atoms with Crippen LogP contribution >= 0.6 is 0 Å². The van der Waals surface area contributed by atoms with Crippen molar-refractivity contribution < 1.29 is 9.47 Å². The van der Waals surface area contributed by atoms with Gasteiger partial charge < -0.3 is 14.8 Å². The van der Waals surface area contributed by atoms with E-state index in [0.717, 1.165) is 18.0 Å². The molecule has 17 heavy (non-hydrogen) atoms. The zero-order valence-corrected chi connectivity index (χ0v) is 10.5. The van der Waals surface area contributed by atoms with Crippen LogP contribution in [0.3, 0.4) is 0 Å². The Morgan fingerprint density at radius 2 is 2.06 bits per heavy atom. The number of benzene rings is 1. The molecule has 92 valence electrons. The van der Waals surface area contributed by atoms with Gasteiger partial charge in [-0.1, -0.05) is 19.9 Å². The SMILES string of the molecule is CC(C)(c1ccc2c(c1)OCO2)C1CCCN1. The molecular weight excluding hydrogens is 214 g/mol. The highest BCUT2D eigenvalue weighted by Crippen LogP contribution is 2.38. The lowest BCUT2D eigenvalue weighted by atomic mass is 9.77. The number of nitrogens with one attached hydrogen (secondary N) is 1. The zero-order valence-electron chi connectivity index (χ0n) is 10.5. The van der Waals surface area contributed by atoms with Crippen molar-refractivity contribution in [1.82, 2.24) is 5.32 Å². The van der Waals surface area contributed by atoms with Crippen molar-refractivity contribution in [2.24, 2.45) is 0 Å². The van der Waals surface area contributed by atoms with E-state index < -0.39 is 0 Å². The molecule has 3 heteroatoms. The number of fused-ring (bicyclic) bond motifs is 1. The van der Waals surface area contributed by atoms with E-state index >= 15 is 0 Å². The molecule has 0 bridgehead atoms. The molecule has 1 aromatic rings. The largest absolute Gasteiger partial charge is 0.454 e. The van der Waals surface area contributed by atoms with E-state index in [1.165, 1.54) is 18.4 Å². The summed E-state index contributed by atoms with van der Waals surface area (Å²) in [4.78, 5) is 0. The van der Waals surface area contributed by atoms with Crippen LogP contribution in [0.25, 0.3) is 0 Å². The minimum Gasteiger partial charge on any atom is -0.454 e. The molecule has 0 amide bonds. The van der Waals surface area contributed by atoms with Gasteiger partial charge in [0.15, 0.2) is 11.5 Å². The van der Waals surface area contributed by atoms with Gasteiger partial charge in [0.25, 0.3) is 0 Å². The normalized spacial score (nSPS) is 23.1. The van der Waals surface area contributed by atoms with E-state index in [-0.39, 0.29) is 5.41 Å². The Hall–Kier alpha value is -1.22. The van der Waals surface area contributed by atoms with Crippen LogP contribution in [-0.4, -0.2) is 19.4 Å². The zero-order chi connectivity index (χ0) is 11.9. The number of ether oxygens (including phenoxy) is 2. The molecule has 1 aromatic carbocycles. The van der Waals surface area contributed by atoms with Gasteiger partial charge in [0.2, 0.25) is 6.79 Å². The van der Waals surface area contributed by atoms with Crippen LogP contribution < -0.4 is 14.8 Å². The smallest absolute Gasteiger partial charge is 0.231 e. The minimum absolute atomic E-state index is 0.136. The highest BCUT2D eigenvalue weighted by molar-refractivity contribution is 5.46. The molecule has 3 nitrogen and oxygen atoms in total. The van der Waals surface area contributed by atoms with E-state index in [0.29, 0.717) is 12.8 Å². The fourth-order valence-corrected chi connectivity index (χ4v) is 2.80. The third kappa shape index (κ3) is 1.78. The molecule has 3 rings (SSSR count). The first-order valence-electron chi connectivity index (χ1n) is 6.31. The maximum Gasteiger partial charge on any atom is 0.231 e. The molecule has 2 heterocycles. The molecule has 2 aliphatic heterocycles. The number of rotatable bonds is 2. The van der Waals surface area contributed by atoms with Gasteiger partial charge in [-0.2, -0.15) is 0 Å². The summed E-state index contributed by atoms with van der Waals surface area (Å²) in [5, 5.41) is 3.59. The monoisotopic (exact) mass is 233 g/mol. The first-order valence-corrected chi connectivity index (χ1v) is 6.31. The van der Waals surface area contributed by atoms with Crippen molar-refractivity contribution in [3.63, 3.8) is 0 Å². The maximum absolute atomic E-state index is 5.45. The molecule has 0 radical (unpaired) electrons. The van der Waals surface area contributed by atoms with Gasteiger partial charge in [-0.25, -0.2) is 0 Å². The van der Waals surface area contributed by atoms with Crippen LogP contribution in [0.5, 0.6) is 11.5 Å². The molecule has 1 unspecified atom stereocenters. The van der Waals surface area contributed by atoms with E-state index in [1.807, 2.05) is 6.07 Å². The number of hydrogen-bond acceptors (Lipinski definition) is 3. The van der Waals surface area contributed by atoms with Crippen molar-refractivity contribution in [2.45, 2.75) is 38.1 Å². The first-order chi connectivity index (χ1) is 8.18. The first kappa shape index (κ1) is 10.9. The summed E-state index contributed by atoms with van der Waals surface area (Å²) < 4.78 is 10.8. The van der Waals surface area contributed by atoms with Gasteiger partial charge in [0, 0.05) is 11.5 Å². The molecular formula is C14H19NO2. The van der Waals surface area contributed by atoms with E-state index in [1.54, 1.807) is 0 Å². The van der Waals surface area contributed by atoms with Crippen LogP contribution in [0.1, 0.15) is 32.3 Å². The summed E-state index contributed by atoms with van der Waals surface area (Å²) in [5.74, 6) is 1.75. The van der Waals surface area contributed by atoms with Gasteiger partial charge in [0.05, 0.1) is 0 Å². The lowest BCUT2D eigenvalue weighted by Crippen LogP contribution is -2.40. The Balaban J connectivity index is 1.92. The summed E-state index contributed by atoms with van der Waals surface area (Å²) in [6.45, 7) is 6.08. The highest BCUT2D eigenvalue weighted by atomic mass is 16.7. The van der Waals surface area contributed by atoms with Gasteiger partial charge in [-0.15, -0.1) is 0 Å². The van der Waals surface area contributed by atoms with Crippen LogP contribution in [0.4, 0.5) is 0 Å². The predicted octanol–water partition coefficient (Wildman–Crippen LogP) is 2.44. The minimum atomic E-state index is 0.136. The van der Waals surface area contributed by atoms with Crippen molar-refractivity contribution in [1.29, 1.82) is 0 Å². The summed E-state index contributed by atoms with van der Waals surface area (Å²) in [7, 11) is 0. The molecule has 1 atom stereocenters. The quantitative estimate of drug-likeness (QED) is 0.851. The van der Waals surface area contributed by atoms with Crippen molar-refractivity contribution in [3.05, 3.63) is 23.8 Å². The third-order valence-electron chi connectivity index (χ3n) is 4.05. The second-order valence-electron chi connectivity index (χ2n) is 5.44. The average Bonchev–Trinajstić information content (AvgIpc) is 2.99. The second kappa shape index (κ2) is 3.91. The fourth-order valence-electron chi connectivity index (χ4n) is 2.80. The molecule has 0 spiro atoms. The van der Waals surface area contributed by atoms with Crippen LogP contribution in [0.15, 0.2) is 18.2 Å². The molecule has 0 saturated carbocycles. The van der Waals surface area contributed by atoms with Crippen molar-refractivity contribution in [2.75, 3.05) is 13.3 Å². The topological polar surface area (TPSA) is 30.5 Å². The Kier molecular flexibility index (Phi) is 2.51. The van der Waals surface area contributed by atoms with Gasteiger partial charge in [-0.3, -0.25) is 0 Å². The lowest BCUT2D eigenvalue weighted by molar-refractivity contribution is 0.174. The van der Waals surface area contributed by atoms with E-state index in [4.69, 9.17) is 9.47 Å². The van der Waals surface area contributed by atoms with Crippen molar-refractivity contribution in [3.8, 4) is 11.5 Å². The Bertz CT molecular complexity index is 422. The van der Waals surface area contributed by atoms with Crippen LogP contribution in [0, 0.1) is 0 Å². The fraction of sp³-hybridized carbons (Fsp3) is 0.571. The molecule has 1 saturated heterocycles. The molecule has 0 aromatic heterocycles. The summed E-state index contributed by atoms with van der Waals surface area (Å²) in [5.41, 5.74) is 1.46. The Morgan fingerprint density at radius 3 is 2.82 bits per heavy atom. The summed E-state index contributed by atoms with van der Waals surface area (Å²) in [6, 6.07) is 6.87. The number of hydrogen-bond donors (Lipinski definition) is 1. The van der Waals surface area contributed by atoms with Gasteiger partial charge >= 0.3 is 0 Å². The van der Waals surface area contributed by atoms with E-state index in [2.05, 4.69) is 31.3 Å². The van der Waals surface area contributed by atoms with E-state index in [9.17, 15) is 0 Å². The Labute approximate surface area is 102 Å². The summed E-state index contributed by atoms with van der Waals surface area (Å²) in [6.07, 6.45) is 2.53. The van der Waals surface area contributed by atoms with Gasteiger partial charge in [0.1, 0.15) is 0 Å². The van der Waals surface area contributed by atoms with Crippen molar-refractivity contribution >= 4 is 0 Å². The maximum atomic E-state index is 5.45. The van der Waals surface area contributed by atoms with Gasteiger partial charge in [-0.05, 0) is 37.1 Å². The average molecular weight is 233 g/mol. The third-order valence-corrected chi connectivity index (χ3v) is 4.05. The van der Waals surface area contributed by atoms with Crippen LogP contribution in [-0.2, 0) is 5.41 Å². The molecule has 1 fully saturated rings. The summed E-state index contributed by atoms with van der Waals surface area (Å²) >= 11 is 0. The van der Waals surface area contributed by atoms with Crippen LogP contribution in [0.2, 0.25) is 0 Å². The standard InChI is InChI=1S/C14H19NO2/c1-14(2,13-4-3-7-15-13)10-5-6-11-12(8-10)17-9-16-11/h5-6,8,13,15H,3-4,7,9H2,1-2H3. The molecule has 0 aliphatic carbocycles. The predicted molar refractivity (Wildman–Crippen MR) is 66.6 cm³/mol.